The van der Waals surface area contributed by atoms with Crippen molar-refractivity contribution in [3.8, 4) is 17.2 Å². The summed E-state index contributed by atoms with van der Waals surface area (Å²) in [6.45, 7) is 0. The lowest BCUT2D eigenvalue weighted by atomic mass is 10.1. The number of rotatable bonds is 6. The third-order valence-corrected chi connectivity index (χ3v) is 4.41. The van der Waals surface area contributed by atoms with Crippen LogP contribution in [-0.2, 0) is 6.42 Å². The predicted molar refractivity (Wildman–Crippen MR) is 95.5 cm³/mol. The molecule has 0 radical (unpaired) electrons. The van der Waals surface area contributed by atoms with E-state index < -0.39 is 0 Å². The smallest absolute Gasteiger partial charge is 0.195 e. The largest absolute Gasteiger partial charge is 0.493 e. The molecule has 1 aromatic heterocycles. The van der Waals surface area contributed by atoms with Gasteiger partial charge in [0.25, 0.3) is 0 Å². The Balaban J connectivity index is 1.98. The second-order valence-electron chi connectivity index (χ2n) is 5.28. The van der Waals surface area contributed by atoms with E-state index in [0.29, 0.717) is 17.9 Å². The van der Waals surface area contributed by atoms with Crippen LogP contribution in [0.2, 0.25) is 0 Å². The van der Waals surface area contributed by atoms with Gasteiger partial charge in [-0.25, -0.2) is 4.39 Å². The van der Waals surface area contributed by atoms with Gasteiger partial charge >= 0.3 is 0 Å². The monoisotopic (exact) mass is 359 g/mol. The Morgan fingerprint density at radius 2 is 1.72 bits per heavy atom. The molecule has 0 amide bonds. The van der Waals surface area contributed by atoms with E-state index in [9.17, 15) is 4.39 Å². The molecule has 0 saturated carbocycles. The quantitative estimate of drug-likeness (QED) is 0.628. The fourth-order valence-electron chi connectivity index (χ4n) is 2.57. The Morgan fingerprint density at radius 3 is 2.36 bits per heavy atom. The van der Waals surface area contributed by atoms with E-state index in [0.717, 1.165) is 22.2 Å². The number of benzene rings is 2. The first-order valence-corrected chi connectivity index (χ1v) is 8.84. The third kappa shape index (κ3) is 3.61. The van der Waals surface area contributed by atoms with E-state index in [-0.39, 0.29) is 5.82 Å². The van der Waals surface area contributed by atoms with Crippen LogP contribution in [0.3, 0.4) is 0 Å². The summed E-state index contributed by atoms with van der Waals surface area (Å²) in [5.41, 5.74) is 1.84. The molecule has 0 atom stereocenters. The van der Waals surface area contributed by atoms with Crippen LogP contribution in [0.25, 0.3) is 5.69 Å². The minimum absolute atomic E-state index is 0.274. The average Bonchev–Trinajstić information content (AvgIpc) is 3.04. The number of methoxy groups -OCH3 is 2. The van der Waals surface area contributed by atoms with Crippen molar-refractivity contribution in [1.29, 1.82) is 0 Å². The van der Waals surface area contributed by atoms with E-state index in [2.05, 4.69) is 10.2 Å². The summed E-state index contributed by atoms with van der Waals surface area (Å²) in [7, 11) is 3.21. The van der Waals surface area contributed by atoms with Crippen LogP contribution in [0.1, 0.15) is 11.4 Å². The second-order valence-corrected chi connectivity index (χ2v) is 6.05. The topological polar surface area (TPSA) is 49.2 Å². The fourth-order valence-corrected chi connectivity index (χ4v) is 3.09. The lowest BCUT2D eigenvalue weighted by Crippen LogP contribution is -2.04. The third-order valence-electron chi connectivity index (χ3n) is 3.78. The van der Waals surface area contributed by atoms with Gasteiger partial charge in [-0.2, -0.15) is 0 Å². The Bertz CT molecular complexity index is 865. The molecular weight excluding hydrogens is 341 g/mol. The van der Waals surface area contributed by atoms with Crippen LogP contribution in [0, 0.1) is 5.82 Å². The molecule has 0 unspecified atom stereocenters. The van der Waals surface area contributed by atoms with Crippen LogP contribution in [0.15, 0.2) is 47.6 Å². The molecule has 5 nitrogen and oxygen atoms in total. The second kappa shape index (κ2) is 7.57. The van der Waals surface area contributed by atoms with Crippen molar-refractivity contribution < 1.29 is 13.9 Å². The Labute approximate surface area is 149 Å². The Hall–Kier alpha value is -2.54. The SMILES string of the molecule is COc1ccc(Cc2nnc(SC)n2-c2ccc(F)cc2)cc1OC. The van der Waals surface area contributed by atoms with Crippen LogP contribution >= 0.6 is 11.8 Å². The molecule has 0 fully saturated rings. The maximum atomic E-state index is 13.2. The molecule has 2 aromatic carbocycles. The highest BCUT2D eigenvalue weighted by atomic mass is 32.2. The molecule has 0 N–H and O–H groups in total. The van der Waals surface area contributed by atoms with Gasteiger partial charge in [-0.05, 0) is 48.2 Å². The van der Waals surface area contributed by atoms with Crippen molar-refractivity contribution in [2.45, 2.75) is 11.6 Å². The number of thioether (sulfide) groups is 1. The standard InChI is InChI=1S/C18H18FN3O2S/c1-23-15-9-4-12(10-16(15)24-2)11-17-20-21-18(25-3)22(17)14-7-5-13(19)6-8-14/h4-10H,11H2,1-3H3. The van der Waals surface area contributed by atoms with E-state index in [4.69, 9.17) is 9.47 Å². The van der Waals surface area contributed by atoms with Gasteiger partial charge in [0.1, 0.15) is 11.6 Å². The molecule has 0 aliphatic rings. The van der Waals surface area contributed by atoms with Crippen LogP contribution in [0.4, 0.5) is 4.39 Å². The summed E-state index contributed by atoms with van der Waals surface area (Å²) in [4.78, 5) is 0. The Morgan fingerprint density at radius 1 is 1.00 bits per heavy atom. The maximum Gasteiger partial charge on any atom is 0.195 e. The zero-order valence-electron chi connectivity index (χ0n) is 14.2. The first-order chi connectivity index (χ1) is 12.2. The highest BCUT2D eigenvalue weighted by molar-refractivity contribution is 7.98. The molecule has 0 aliphatic carbocycles. The zero-order chi connectivity index (χ0) is 17.8. The highest BCUT2D eigenvalue weighted by Crippen LogP contribution is 2.29. The molecule has 130 valence electrons. The molecule has 1 heterocycles. The minimum Gasteiger partial charge on any atom is -0.493 e. The van der Waals surface area contributed by atoms with Gasteiger partial charge in [0, 0.05) is 12.1 Å². The normalized spacial score (nSPS) is 10.7. The van der Waals surface area contributed by atoms with Gasteiger partial charge in [0.15, 0.2) is 16.7 Å². The molecule has 25 heavy (non-hydrogen) atoms. The zero-order valence-corrected chi connectivity index (χ0v) is 15.0. The summed E-state index contributed by atoms with van der Waals surface area (Å²) < 4.78 is 25.8. The molecule has 0 saturated heterocycles. The number of aromatic nitrogens is 3. The van der Waals surface area contributed by atoms with Gasteiger partial charge in [0.05, 0.1) is 14.2 Å². The number of nitrogens with zero attached hydrogens (tertiary/aromatic N) is 3. The molecule has 3 rings (SSSR count). The first-order valence-electron chi connectivity index (χ1n) is 7.61. The van der Waals surface area contributed by atoms with Gasteiger partial charge in [-0.3, -0.25) is 4.57 Å². The Kier molecular flexibility index (Phi) is 5.23. The maximum absolute atomic E-state index is 13.2. The number of hydrogen-bond donors (Lipinski definition) is 0. The summed E-state index contributed by atoms with van der Waals surface area (Å²) >= 11 is 1.49. The molecule has 0 spiro atoms. The van der Waals surface area contributed by atoms with Crippen molar-refractivity contribution in [1.82, 2.24) is 14.8 Å². The summed E-state index contributed by atoms with van der Waals surface area (Å²) in [6.07, 6.45) is 2.50. The summed E-state index contributed by atoms with van der Waals surface area (Å²) in [6, 6.07) is 12.0. The van der Waals surface area contributed by atoms with Crippen LogP contribution in [0.5, 0.6) is 11.5 Å². The molecule has 0 bridgehead atoms. The lowest BCUT2D eigenvalue weighted by Gasteiger charge is -2.11. The van der Waals surface area contributed by atoms with Gasteiger partial charge in [-0.15, -0.1) is 10.2 Å². The van der Waals surface area contributed by atoms with E-state index >= 15 is 0 Å². The number of hydrogen-bond acceptors (Lipinski definition) is 5. The molecule has 0 aliphatic heterocycles. The molecular formula is C18H18FN3O2S. The van der Waals surface area contributed by atoms with Gasteiger partial charge in [-0.1, -0.05) is 17.8 Å². The van der Waals surface area contributed by atoms with Crippen molar-refractivity contribution in [3.63, 3.8) is 0 Å². The average molecular weight is 359 g/mol. The van der Waals surface area contributed by atoms with Crippen molar-refractivity contribution in [2.75, 3.05) is 20.5 Å². The summed E-state index contributed by atoms with van der Waals surface area (Å²) in [5.74, 6) is 1.83. The molecule has 3 aromatic rings. The van der Waals surface area contributed by atoms with E-state index in [1.165, 1.54) is 23.9 Å². The minimum atomic E-state index is -0.274. The van der Waals surface area contributed by atoms with E-state index in [1.54, 1.807) is 26.4 Å². The highest BCUT2D eigenvalue weighted by Gasteiger charge is 2.15. The van der Waals surface area contributed by atoms with Crippen LogP contribution < -0.4 is 9.47 Å². The van der Waals surface area contributed by atoms with Crippen molar-refractivity contribution >= 4 is 11.8 Å². The summed E-state index contributed by atoms with van der Waals surface area (Å²) in [5, 5.41) is 9.29. The number of halogens is 1. The number of ether oxygens (including phenoxy) is 2. The van der Waals surface area contributed by atoms with Gasteiger partial charge in [0.2, 0.25) is 0 Å². The van der Waals surface area contributed by atoms with Gasteiger partial charge < -0.3 is 9.47 Å². The van der Waals surface area contributed by atoms with Crippen molar-refractivity contribution in [2.24, 2.45) is 0 Å². The van der Waals surface area contributed by atoms with Crippen molar-refractivity contribution in [3.05, 3.63) is 59.7 Å². The lowest BCUT2D eigenvalue weighted by molar-refractivity contribution is 0.354. The molecule has 7 heteroatoms. The van der Waals surface area contributed by atoms with Crippen LogP contribution in [-0.4, -0.2) is 35.2 Å². The first kappa shape index (κ1) is 17.3. The fraction of sp³-hybridized carbons (Fsp3) is 0.222. The van der Waals surface area contributed by atoms with E-state index in [1.807, 2.05) is 29.0 Å². The predicted octanol–water partition coefficient (Wildman–Crippen LogP) is 3.74.